The van der Waals surface area contributed by atoms with Gasteiger partial charge < -0.3 is 14.6 Å². The Morgan fingerprint density at radius 2 is 2.06 bits per heavy atom. The van der Waals surface area contributed by atoms with Crippen LogP contribution in [-0.2, 0) is 4.79 Å². The second-order valence-electron chi connectivity index (χ2n) is 3.67. The normalized spacial score (nSPS) is 17.8. The first-order valence-electron chi connectivity index (χ1n) is 5.05. The molecule has 1 aliphatic heterocycles. The molecule has 1 heterocycles. The highest BCUT2D eigenvalue weighted by Gasteiger charge is 2.43. The lowest BCUT2D eigenvalue weighted by atomic mass is 9.96. The lowest BCUT2D eigenvalue weighted by Gasteiger charge is -2.10. The van der Waals surface area contributed by atoms with Gasteiger partial charge in [-0.2, -0.15) is 0 Å². The summed E-state index contributed by atoms with van der Waals surface area (Å²) in [6, 6.07) is 4.02. The SMILES string of the molecule is CCC(C(=O)O)c1ccc2c(c1)OC(F)(F)O2. The molecule has 1 aromatic carbocycles. The summed E-state index contributed by atoms with van der Waals surface area (Å²) in [6.07, 6.45) is -3.31. The van der Waals surface area contributed by atoms with Gasteiger partial charge in [0.15, 0.2) is 11.5 Å². The fourth-order valence-electron chi connectivity index (χ4n) is 1.74. The molecule has 0 saturated carbocycles. The molecule has 6 heteroatoms. The van der Waals surface area contributed by atoms with Crippen LogP contribution in [0.5, 0.6) is 11.5 Å². The molecular weight excluding hydrogens is 234 g/mol. The molecule has 1 aliphatic rings. The zero-order valence-electron chi connectivity index (χ0n) is 8.94. The van der Waals surface area contributed by atoms with Gasteiger partial charge in [-0.1, -0.05) is 13.0 Å². The van der Waals surface area contributed by atoms with Crippen molar-refractivity contribution in [2.75, 3.05) is 0 Å². The van der Waals surface area contributed by atoms with Crippen molar-refractivity contribution in [3.05, 3.63) is 23.8 Å². The van der Waals surface area contributed by atoms with E-state index in [-0.39, 0.29) is 11.5 Å². The first-order valence-corrected chi connectivity index (χ1v) is 5.05. The number of halogens is 2. The third-order valence-electron chi connectivity index (χ3n) is 2.53. The van der Waals surface area contributed by atoms with Crippen molar-refractivity contribution < 1.29 is 28.2 Å². The molecule has 17 heavy (non-hydrogen) atoms. The highest BCUT2D eigenvalue weighted by molar-refractivity contribution is 5.76. The minimum absolute atomic E-state index is 0.0843. The zero-order valence-corrected chi connectivity index (χ0v) is 8.94. The Bertz CT molecular complexity index is 459. The van der Waals surface area contributed by atoms with Gasteiger partial charge in [0.2, 0.25) is 0 Å². The molecule has 1 N–H and O–H groups in total. The first-order chi connectivity index (χ1) is 7.93. The average Bonchev–Trinajstić information content (AvgIpc) is 2.51. The number of benzene rings is 1. The molecule has 0 amide bonds. The summed E-state index contributed by atoms with van der Waals surface area (Å²) in [5.41, 5.74) is 0.417. The Labute approximate surface area is 95.8 Å². The lowest BCUT2D eigenvalue weighted by molar-refractivity contribution is -0.286. The highest BCUT2D eigenvalue weighted by Crippen LogP contribution is 2.42. The van der Waals surface area contributed by atoms with Crippen LogP contribution in [0, 0.1) is 0 Å². The number of carbonyl (C=O) groups is 1. The van der Waals surface area contributed by atoms with E-state index in [0.717, 1.165) is 0 Å². The van der Waals surface area contributed by atoms with Crippen LogP contribution < -0.4 is 9.47 Å². The summed E-state index contributed by atoms with van der Waals surface area (Å²) in [6.45, 7) is 1.71. The number of rotatable bonds is 3. The van der Waals surface area contributed by atoms with Crippen molar-refractivity contribution in [2.45, 2.75) is 25.6 Å². The van der Waals surface area contributed by atoms with Gasteiger partial charge in [0, 0.05) is 0 Å². The van der Waals surface area contributed by atoms with E-state index < -0.39 is 18.2 Å². The molecule has 0 aliphatic carbocycles. The molecule has 0 fully saturated rings. The number of aliphatic carboxylic acids is 1. The van der Waals surface area contributed by atoms with Crippen LogP contribution in [0.4, 0.5) is 8.78 Å². The number of carboxylic acid groups (broad SMARTS) is 1. The van der Waals surface area contributed by atoms with Crippen LogP contribution in [0.25, 0.3) is 0 Å². The molecule has 0 spiro atoms. The summed E-state index contributed by atoms with van der Waals surface area (Å²) >= 11 is 0. The molecule has 0 radical (unpaired) electrons. The maximum absolute atomic E-state index is 12.7. The van der Waals surface area contributed by atoms with Crippen LogP contribution >= 0.6 is 0 Å². The zero-order chi connectivity index (χ0) is 12.6. The number of carboxylic acids is 1. The summed E-state index contributed by atoms with van der Waals surface area (Å²) < 4.78 is 34.0. The van der Waals surface area contributed by atoms with Crippen LogP contribution in [-0.4, -0.2) is 17.4 Å². The highest BCUT2D eigenvalue weighted by atomic mass is 19.3. The minimum Gasteiger partial charge on any atom is -0.481 e. The Morgan fingerprint density at radius 1 is 1.41 bits per heavy atom. The second kappa shape index (κ2) is 3.87. The van der Waals surface area contributed by atoms with Crippen molar-refractivity contribution in [2.24, 2.45) is 0 Å². The Morgan fingerprint density at radius 3 is 2.65 bits per heavy atom. The maximum atomic E-state index is 12.7. The maximum Gasteiger partial charge on any atom is 0.586 e. The Kier molecular flexibility index (Phi) is 2.65. The van der Waals surface area contributed by atoms with E-state index >= 15 is 0 Å². The number of ether oxygens (including phenoxy) is 2. The van der Waals surface area contributed by atoms with Crippen LogP contribution in [0.1, 0.15) is 24.8 Å². The quantitative estimate of drug-likeness (QED) is 0.887. The number of fused-ring (bicyclic) bond motifs is 1. The van der Waals surface area contributed by atoms with E-state index in [0.29, 0.717) is 12.0 Å². The van der Waals surface area contributed by atoms with Crippen molar-refractivity contribution in [1.82, 2.24) is 0 Å². The Balaban J connectivity index is 2.33. The lowest BCUT2D eigenvalue weighted by Crippen LogP contribution is -2.25. The van der Waals surface area contributed by atoms with Crippen molar-refractivity contribution in [3.8, 4) is 11.5 Å². The van der Waals surface area contributed by atoms with Gasteiger partial charge in [-0.25, -0.2) is 0 Å². The van der Waals surface area contributed by atoms with Gasteiger partial charge in [-0.05, 0) is 24.1 Å². The smallest absolute Gasteiger partial charge is 0.481 e. The van der Waals surface area contributed by atoms with Crippen LogP contribution in [0.15, 0.2) is 18.2 Å². The molecule has 92 valence electrons. The Hall–Kier alpha value is -1.85. The summed E-state index contributed by atoms with van der Waals surface area (Å²) in [4.78, 5) is 10.9. The van der Waals surface area contributed by atoms with E-state index in [1.165, 1.54) is 18.2 Å². The van der Waals surface area contributed by atoms with Gasteiger partial charge >= 0.3 is 12.3 Å². The van der Waals surface area contributed by atoms with Crippen molar-refractivity contribution >= 4 is 5.97 Å². The van der Waals surface area contributed by atoms with Gasteiger partial charge in [-0.3, -0.25) is 4.79 Å². The van der Waals surface area contributed by atoms with Crippen molar-refractivity contribution in [1.29, 1.82) is 0 Å². The second-order valence-corrected chi connectivity index (χ2v) is 3.67. The molecule has 0 aromatic heterocycles. The summed E-state index contributed by atoms with van der Waals surface area (Å²) in [7, 11) is 0. The van der Waals surface area contributed by atoms with Gasteiger partial charge in [0.05, 0.1) is 5.92 Å². The van der Waals surface area contributed by atoms with Crippen LogP contribution in [0.2, 0.25) is 0 Å². The van der Waals surface area contributed by atoms with Gasteiger partial charge in [-0.15, -0.1) is 8.78 Å². The summed E-state index contributed by atoms with van der Waals surface area (Å²) in [5.74, 6) is -1.96. The van der Waals surface area contributed by atoms with E-state index in [9.17, 15) is 13.6 Å². The molecular formula is C11H10F2O4. The molecule has 0 bridgehead atoms. The van der Waals surface area contributed by atoms with E-state index in [1.807, 2.05) is 0 Å². The monoisotopic (exact) mass is 244 g/mol. The van der Waals surface area contributed by atoms with Gasteiger partial charge in [0.1, 0.15) is 0 Å². The average molecular weight is 244 g/mol. The third kappa shape index (κ3) is 2.15. The van der Waals surface area contributed by atoms with E-state index in [2.05, 4.69) is 9.47 Å². The summed E-state index contributed by atoms with van der Waals surface area (Å²) in [5, 5.41) is 8.96. The number of alkyl halides is 2. The van der Waals surface area contributed by atoms with E-state index in [4.69, 9.17) is 5.11 Å². The number of hydrogen-bond donors (Lipinski definition) is 1. The fraction of sp³-hybridized carbons (Fsp3) is 0.364. The van der Waals surface area contributed by atoms with Crippen LogP contribution in [0.3, 0.4) is 0 Å². The molecule has 1 aromatic rings. The van der Waals surface area contributed by atoms with Crippen molar-refractivity contribution in [3.63, 3.8) is 0 Å². The molecule has 2 rings (SSSR count). The van der Waals surface area contributed by atoms with E-state index in [1.54, 1.807) is 6.92 Å². The molecule has 0 saturated heterocycles. The number of hydrogen-bond acceptors (Lipinski definition) is 3. The third-order valence-corrected chi connectivity index (χ3v) is 2.53. The predicted octanol–water partition coefficient (Wildman–Crippen LogP) is 2.59. The molecule has 1 atom stereocenters. The minimum atomic E-state index is -3.67. The van der Waals surface area contributed by atoms with Gasteiger partial charge in [0.25, 0.3) is 0 Å². The topological polar surface area (TPSA) is 55.8 Å². The molecule has 4 nitrogen and oxygen atoms in total. The largest absolute Gasteiger partial charge is 0.586 e. The predicted molar refractivity (Wildman–Crippen MR) is 53.3 cm³/mol. The standard InChI is InChI=1S/C11H10F2O4/c1-2-7(10(14)15)6-3-4-8-9(5-6)17-11(12,13)16-8/h3-5,7H,2H2,1H3,(H,14,15). The molecule has 1 unspecified atom stereocenters. The fourth-order valence-corrected chi connectivity index (χ4v) is 1.74. The first kappa shape index (κ1) is 11.6.